The van der Waals surface area contributed by atoms with Crippen molar-refractivity contribution in [3.63, 3.8) is 0 Å². The number of alkyl halides is 3. The first kappa shape index (κ1) is 19.1. The van der Waals surface area contributed by atoms with Gasteiger partial charge in [0.1, 0.15) is 6.10 Å². The lowest BCUT2D eigenvalue weighted by Gasteiger charge is -2.40. The number of hydrogen-bond acceptors (Lipinski definition) is 4. The van der Waals surface area contributed by atoms with E-state index in [9.17, 15) is 9.59 Å². The van der Waals surface area contributed by atoms with Crippen molar-refractivity contribution in [2.45, 2.75) is 49.9 Å². The summed E-state index contributed by atoms with van der Waals surface area (Å²) in [4.78, 5) is 24.7. The Labute approximate surface area is 151 Å². The summed E-state index contributed by atoms with van der Waals surface area (Å²) in [5, 5.41) is 2.89. The third-order valence-electron chi connectivity index (χ3n) is 6.29. The molecular formula is C15H23Cl3N2O3. The fourth-order valence-electron chi connectivity index (χ4n) is 4.32. The highest BCUT2D eigenvalue weighted by Crippen LogP contribution is 2.72. The third-order valence-corrected chi connectivity index (χ3v) is 6.75. The van der Waals surface area contributed by atoms with Gasteiger partial charge in [0, 0.05) is 18.5 Å². The zero-order valence-electron chi connectivity index (χ0n) is 13.5. The SMILES string of the molecule is CC12CCC(C(=O)NCCN)(CC1OC(=O)C(Cl)(Cl)Cl)C2(C)C. The first-order valence-electron chi connectivity index (χ1n) is 7.68. The Morgan fingerprint density at radius 2 is 1.87 bits per heavy atom. The molecule has 2 aliphatic rings. The topological polar surface area (TPSA) is 81.4 Å². The fourth-order valence-corrected chi connectivity index (χ4v) is 4.45. The Kier molecular flexibility index (Phi) is 4.93. The van der Waals surface area contributed by atoms with Crippen LogP contribution in [0.25, 0.3) is 0 Å². The minimum atomic E-state index is -2.11. The molecule has 0 heterocycles. The molecule has 0 aromatic rings. The summed E-state index contributed by atoms with van der Waals surface area (Å²) in [6, 6.07) is 0. The molecule has 0 radical (unpaired) electrons. The van der Waals surface area contributed by atoms with Gasteiger partial charge in [-0.15, -0.1) is 0 Å². The van der Waals surface area contributed by atoms with Crippen LogP contribution in [0, 0.1) is 16.2 Å². The number of carbonyl (C=O) groups excluding carboxylic acids is 2. The van der Waals surface area contributed by atoms with Crippen LogP contribution >= 0.6 is 34.8 Å². The zero-order chi connectivity index (χ0) is 17.7. The zero-order valence-corrected chi connectivity index (χ0v) is 15.8. The van der Waals surface area contributed by atoms with Crippen LogP contribution in [0.15, 0.2) is 0 Å². The molecule has 2 bridgehead atoms. The summed E-state index contributed by atoms with van der Waals surface area (Å²) < 4.78 is 3.37. The monoisotopic (exact) mass is 384 g/mol. The first-order chi connectivity index (χ1) is 10.4. The van der Waals surface area contributed by atoms with Crippen LogP contribution in [-0.2, 0) is 14.3 Å². The van der Waals surface area contributed by atoms with Crippen molar-refractivity contribution >= 4 is 46.7 Å². The highest BCUT2D eigenvalue weighted by Gasteiger charge is 2.73. The number of rotatable bonds is 4. The molecule has 0 aromatic carbocycles. The number of esters is 1. The van der Waals surface area contributed by atoms with Gasteiger partial charge < -0.3 is 15.8 Å². The van der Waals surface area contributed by atoms with Crippen molar-refractivity contribution in [1.29, 1.82) is 0 Å². The van der Waals surface area contributed by atoms with Gasteiger partial charge in [-0.1, -0.05) is 55.6 Å². The van der Waals surface area contributed by atoms with Crippen LogP contribution in [0.2, 0.25) is 0 Å². The Balaban J connectivity index is 2.28. The number of nitrogens with one attached hydrogen (secondary N) is 1. The minimum Gasteiger partial charge on any atom is -0.459 e. The standard InChI is InChI=1S/C15H23Cl3N2O3/c1-12(2)13(3)4-5-14(12,10(21)20-7-6-19)8-9(13)23-11(22)15(16,17)18/h9H,4-8,19H2,1-3H3,(H,20,21). The summed E-state index contributed by atoms with van der Waals surface area (Å²) >= 11 is 16.8. The van der Waals surface area contributed by atoms with Crippen LogP contribution < -0.4 is 11.1 Å². The third kappa shape index (κ3) is 2.74. The van der Waals surface area contributed by atoms with Crippen molar-refractivity contribution in [1.82, 2.24) is 5.32 Å². The lowest BCUT2D eigenvalue weighted by molar-refractivity contribution is -0.156. The molecule has 2 saturated carbocycles. The van der Waals surface area contributed by atoms with Crippen molar-refractivity contribution in [2.75, 3.05) is 13.1 Å². The van der Waals surface area contributed by atoms with Crippen LogP contribution in [0.1, 0.15) is 40.0 Å². The molecule has 0 aliphatic heterocycles. The predicted octanol–water partition coefficient (Wildman–Crippen LogP) is 2.56. The van der Waals surface area contributed by atoms with Crippen LogP contribution in [0.3, 0.4) is 0 Å². The van der Waals surface area contributed by atoms with Gasteiger partial charge in [0.15, 0.2) is 0 Å². The average Bonchev–Trinajstić information content (AvgIpc) is 2.74. The second-order valence-corrected chi connectivity index (χ2v) is 9.55. The molecule has 132 valence electrons. The largest absolute Gasteiger partial charge is 0.459 e. The molecule has 3 atom stereocenters. The fraction of sp³-hybridized carbons (Fsp3) is 0.867. The van der Waals surface area contributed by atoms with E-state index in [2.05, 4.69) is 5.32 Å². The molecule has 8 heteroatoms. The van der Waals surface area contributed by atoms with Crippen molar-refractivity contribution in [2.24, 2.45) is 22.0 Å². The van der Waals surface area contributed by atoms with Crippen LogP contribution in [0.5, 0.6) is 0 Å². The first-order valence-corrected chi connectivity index (χ1v) is 8.82. The number of fused-ring (bicyclic) bond motifs is 2. The van der Waals surface area contributed by atoms with Gasteiger partial charge >= 0.3 is 5.97 Å². The van der Waals surface area contributed by atoms with E-state index in [4.69, 9.17) is 45.3 Å². The highest BCUT2D eigenvalue weighted by molar-refractivity contribution is 6.75. The van der Waals surface area contributed by atoms with Gasteiger partial charge in [-0.25, -0.2) is 4.79 Å². The molecular weight excluding hydrogens is 363 g/mol. The molecule has 0 aromatic heterocycles. The second-order valence-electron chi connectivity index (χ2n) is 7.26. The molecule has 0 spiro atoms. The predicted molar refractivity (Wildman–Crippen MR) is 90.4 cm³/mol. The maximum absolute atomic E-state index is 12.8. The smallest absolute Gasteiger partial charge is 0.358 e. The van der Waals surface area contributed by atoms with Crippen molar-refractivity contribution < 1.29 is 14.3 Å². The summed E-state index contributed by atoms with van der Waals surface area (Å²) in [5.74, 6) is -0.932. The lowest BCUT2D eigenvalue weighted by Crippen LogP contribution is -2.47. The molecule has 3 N–H and O–H groups in total. The lowest BCUT2D eigenvalue weighted by atomic mass is 9.64. The number of hydrogen-bond donors (Lipinski definition) is 2. The minimum absolute atomic E-state index is 0.0379. The maximum atomic E-state index is 12.8. The number of amides is 1. The van der Waals surface area contributed by atoms with E-state index >= 15 is 0 Å². The van der Waals surface area contributed by atoms with E-state index in [0.29, 0.717) is 19.5 Å². The molecule has 2 aliphatic carbocycles. The molecule has 23 heavy (non-hydrogen) atoms. The molecule has 5 nitrogen and oxygen atoms in total. The maximum Gasteiger partial charge on any atom is 0.358 e. The highest BCUT2D eigenvalue weighted by atomic mass is 35.6. The number of halogens is 3. The normalized spacial score (nSPS) is 35.2. The molecule has 2 fully saturated rings. The summed E-state index contributed by atoms with van der Waals surface area (Å²) in [7, 11) is 0. The molecule has 1 amide bonds. The van der Waals surface area contributed by atoms with Gasteiger partial charge in [0.25, 0.3) is 3.79 Å². The van der Waals surface area contributed by atoms with Gasteiger partial charge in [0.2, 0.25) is 5.91 Å². The molecule has 3 unspecified atom stereocenters. The van der Waals surface area contributed by atoms with Gasteiger partial charge in [-0.05, 0) is 24.7 Å². The van der Waals surface area contributed by atoms with Crippen molar-refractivity contribution in [3.05, 3.63) is 0 Å². The summed E-state index contributed by atoms with van der Waals surface area (Å²) in [6.07, 6.45) is 1.49. The van der Waals surface area contributed by atoms with E-state index in [-0.39, 0.29) is 16.7 Å². The summed E-state index contributed by atoms with van der Waals surface area (Å²) in [5.41, 5.74) is 4.18. The number of nitrogens with two attached hydrogens (primary N) is 1. The Morgan fingerprint density at radius 1 is 1.26 bits per heavy atom. The van der Waals surface area contributed by atoms with E-state index in [1.165, 1.54) is 0 Å². The van der Waals surface area contributed by atoms with Gasteiger partial charge in [-0.2, -0.15) is 0 Å². The summed E-state index contributed by atoms with van der Waals surface area (Å²) in [6.45, 7) is 6.93. The van der Waals surface area contributed by atoms with E-state index in [1.807, 2.05) is 20.8 Å². The Morgan fingerprint density at radius 3 is 2.39 bits per heavy atom. The Hall–Kier alpha value is -0.230. The van der Waals surface area contributed by atoms with Crippen LogP contribution in [0.4, 0.5) is 0 Å². The van der Waals surface area contributed by atoms with Crippen LogP contribution in [-0.4, -0.2) is 34.9 Å². The van der Waals surface area contributed by atoms with E-state index < -0.39 is 21.3 Å². The average molecular weight is 386 g/mol. The molecule has 0 saturated heterocycles. The number of ether oxygens (including phenoxy) is 1. The van der Waals surface area contributed by atoms with E-state index in [0.717, 1.165) is 12.8 Å². The van der Waals surface area contributed by atoms with Crippen molar-refractivity contribution in [3.8, 4) is 0 Å². The number of carbonyl (C=O) groups is 2. The van der Waals surface area contributed by atoms with Gasteiger partial charge in [-0.3, -0.25) is 4.79 Å². The molecule has 2 rings (SSSR count). The van der Waals surface area contributed by atoms with Gasteiger partial charge in [0.05, 0.1) is 5.41 Å². The second kappa shape index (κ2) is 5.94. The van der Waals surface area contributed by atoms with E-state index in [1.54, 1.807) is 0 Å². The quantitative estimate of drug-likeness (QED) is 0.575. The Bertz CT molecular complexity index is 521.